The molecule has 21 heavy (non-hydrogen) atoms. The molecule has 0 radical (unpaired) electrons. The number of likely N-dealkylation sites (tertiary alicyclic amines) is 1. The second-order valence-electron chi connectivity index (χ2n) is 5.90. The Hall–Kier alpha value is -1.49. The van der Waals surface area contributed by atoms with E-state index in [1.54, 1.807) is 0 Å². The summed E-state index contributed by atoms with van der Waals surface area (Å²) in [4.78, 5) is 16.2. The van der Waals surface area contributed by atoms with Crippen LogP contribution in [0.3, 0.4) is 0 Å². The smallest absolute Gasteiger partial charge is 0.242 e. The van der Waals surface area contributed by atoms with Gasteiger partial charge in [0, 0.05) is 24.7 Å². The Kier molecular flexibility index (Phi) is 4.19. The van der Waals surface area contributed by atoms with Crippen molar-refractivity contribution >= 4 is 11.6 Å². The Morgan fingerprint density at radius 2 is 2.10 bits per heavy atom. The fraction of sp³-hybridized carbons (Fsp3) is 0.562. The fourth-order valence-corrected chi connectivity index (χ4v) is 3.28. The second-order valence-corrected chi connectivity index (χ2v) is 5.90. The predicted octanol–water partition coefficient (Wildman–Crippen LogP) is 2.55. The molecule has 3 nitrogen and oxygen atoms in total. The Bertz CT molecular complexity index is 521. The lowest BCUT2D eigenvalue weighted by atomic mass is 10.0. The quantitative estimate of drug-likeness (QED) is 0.855. The number of hydrogen-bond donors (Lipinski definition) is 0. The number of benzene rings is 1. The van der Waals surface area contributed by atoms with Gasteiger partial charge in [-0.15, -0.1) is 0 Å². The molecule has 1 unspecified atom stereocenters. The first-order chi connectivity index (χ1) is 10.1. The minimum absolute atomic E-state index is 0.0251. The van der Waals surface area contributed by atoms with Gasteiger partial charge in [0.1, 0.15) is 0 Å². The molecule has 0 saturated carbocycles. The van der Waals surface area contributed by atoms with E-state index in [0.29, 0.717) is 19.5 Å². The Morgan fingerprint density at radius 1 is 1.29 bits per heavy atom. The summed E-state index contributed by atoms with van der Waals surface area (Å²) in [6, 6.07) is 7.95. The topological polar surface area (TPSA) is 23.6 Å². The molecule has 114 valence electrons. The van der Waals surface area contributed by atoms with Crippen LogP contribution in [-0.4, -0.2) is 43.4 Å². The number of amides is 1. The molecule has 1 atom stereocenters. The van der Waals surface area contributed by atoms with Gasteiger partial charge < -0.3 is 4.90 Å². The van der Waals surface area contributed by atoms with Crippen molar-refractivity contribution in [1.82, 2.24) is 4.90 Å². The summed E-state index contributed by atoms with van der Waals surface area (Å²) in [5.74, 6) is -0.552. The van der Waals surface area contributed by atoms with Crippen LogP contribution in [0.2, 0.25) is 0 Å². The van der Waals surface area contributed by atoms with Crippen molar-refractivity contribution in [2.24, 2.45) is 5.92 Å². The van der Waals surface area contributed by atoms with Gasteiger partial charge in [0.05, 0.1) is 6.54 Å². The van der Waals surface area contributed by atoms with Gasteiger partial charge in [-0.25, -0.2) is 8.78 Å². The van der Waals surface area contributed by atoms with Crippen molar-refractivity contribution in [2.75, 3.05) is 31.1 Å². The van der Waals surface area contributed by atoms with Gasteiger partial charge in [-0.3, -0.25) is 9.69 Å². The van der Waals surface area contributed by atoms with Crippen molar-refractivity contribution in [3.8, 4) is 0 Å². The number of aryl methyl sites for hydroxylation is 1. The second kappa shape index (κ2) is 6.10. The summed E-state index contributed by atoms with van der Waals surface area (Å²) < 4.78 is 25.4. The molecule has 1 aromatic rings. The van der Waals surface area contributed by atoms with E-state index in [-0.39, 0.29) is 12.5 Å². The average molecular weight is 294 g/mol. The number of carbonyl (C=O) groups is 1. The third kappa shape index (κ3) is 3.07. The van der Waals surface area contributed by atoms with Crippen LogP contribution < -0.4 is 4.90 Å². The minimum Gasteiger partial charge on any atom is -0.311 e. The van der Waals surface area contributed by atoms with Crippen LogP contribution in [0.25, 0.3) is 0 Å². The van der Waals surface area contributed by atoms with Crippen LogP contribution in [-0.2, 0) is 11.2 Å². The number of anilines is 1. The van der Waals surface area contributed by atoms with Crippen molar-refractivity contribution in [1.29, 1.82) is 0 Å². The van der Waals surface area contributed by atoms with Crippen molar-refractivity contribution < 1.29 is 13.6 Å². The van der Waals surface area contributed by atoms with Gasteiger partial charge in [-0.05, 0) is 37.4 Å². The van der Waals surface area contributed by atoms with Gasteiger partial charge in [-0.1, -0.05) is 18.2 Å². The first kappa shape index (κ1) is 14.4. The third-order valence-electron chi connectivity index (χ3n) is 4.44. The lowest BCUT2D eigenvalue weighted by Gasteiger charge is -2.31. The van der Waals surface area contributed by atoms with Crippen molar-refractivity contribution in [2.45, 2.75) is 25.7 Å². The number of fused-ring (bicyclic) bond motifs is 1. The van der Waals surface area contributed by atoms with E-state index >= 15 is 0 Å². The Morgan fingerprint density at radius 3 is 2.86 bits per heavy atom. The number of nitrogens with zero attached hydrogens (tertiary/aromatic N) is 2. The SMILES string of the molecule is O=C(CN1CCC(C(F)F)C1)N1CCCc2ccccc21. The zero-order valence-electron chi connectivity index (χ0n) is 12.0. The summed E-state index contributed by atoms with van der Waals surface area (Å²) in [6.45, 7) is 1.90. The molecule has 0 aliphatic carbocycles. The molecule has 0 aromatic heterocycles. The molecule has 0 spiro atoms. The fourth-order valence-electron chi connectivity index (χ4n) is 3.28. The molecule has 1 aromatic carbocycles. The monoisotopic (exact) mass is 294 g/mol. The van der Waals surface area contributed by atoms with Crippen LogP contribution in [0.15, 0.2) is 24.3 Å². The molecule has 2 aliphatic heterocycles. The molecule has 5 heteroatoms. The van der Waals surface area contributed by atoms with E-state index in [2.05, 4.69) is 6.07 Å². The zero-order chi connectivity index (χ0) is 14.8. The van der Waals surface area contributed by atoms with E-state index in [0.717, 1.165) is 25.1 Å². The number of rotatable bonds is 3. The molecule has 0 N–H and O–H groups in total. The zero-order valence-corrected chi connectivity index (χ0v) is 12.0. The molecule has 3 rings (SSSR count). The predicted molar refractivity (Wildman–Crippen MR) is 77.7 cm³/mol. The van der Waals surface area contributed by atoms with E-state index < -0.39 is 12.3 Å². The minimum atomic E-state index is -2.28. The molecular weight excluding hydrogens is 274 g/mol. The molecule has 1 amide bonds. The maximum Gasteiger partial charge on any atom is 0.242 e. The Balaban J connectivity index is 1.65. The van der Waals surface area contributed by atoms with E-state index in [1.165, 1.54) is 5.56 Å². The first-order valence-corrected chi connectivity index (χ1v) is 7.54. The van der Waals surface area contributed by atoms with E-state index in [4.69, 9.17) is 0 Å². The van der Waals surface area contributed by atoms with Gasteiger partial charge in [0.2, 0.25) is 12.3 Å². The van der Waals surface area contributed by atoms with Gasteiger partial charge in [0.25, 0.3) is 0 Å². The number of alkyl halides is 2. The molecule has 2 heterocycles. The number of halogens is 2. The van der Waals surface area contributed by atoms with Gasteiger partial charge in [-0.2, -0.15) is 0 Å². The highest BCUT2D eigenvalue weighted by atomic mass is 19.3. The van der Waals surface area contributed by atoms with Crippen molar-refractivity contribution in [3.63, 3.8) is 0 Å². The highest BCUT2D eigenvalue weighted by Gasteiger charge is 2.32. The van der Waals surface area contributed by atoms with Crippen LogP contribution in [0.1, 0.15) is 18.4 Å². The van der Waals surface area contributed by atoms with Crippen LogP contribution in [0.4, 0.5) is 14.5 Å². The summed E-state index contributed by atoms with van der Waals surface area (Å²) in [5.41, 5.74) is 2.18. The number of hydrogen-bond acceptors (Lipinski definition) is 2. The molecule has 2 aliphatic rings. The molecule has 0 bridgehead atoms. The summed E-state index contributed by atoms with van der Waals surface area (Å²) >= 11 is 0. The normalized spacial score (nSPS) is 22.6. The standard InChI is InChI=1S/C16H20F2N2O/c17-16(18)13-7-9-19(10-13)11-15(21)20-8-3-5-12-4-1-2-6-14(12)20/h1-2,4,6,13,16H,3,5,7-11H2. The van der Waals surface area contributed by atoms with Crippen LogP contribution in [0.5, 0.6) is 0 Å². The lowest BCUT2D eigenvalue weighted by molar-refractivity contribution is -0.119. The number of para-hydroxylation sites is 1. The highest BCUT2D eigenvalue weighted by molar-refractivity contribution is 5.95. The molecular formula is C16H20F2N2O. The summed E-state index contributed by atoms with van der Waals surface area (Å²) in [7, 11) is 0. The van der Waals surface area contributed by atoms with Crippen LogP contribution >= 0.6 is 0 Å². The van der Waals surface area contributed by atoms with Crippen LogP contribution in [0, 0.1) is 5.92 Å². The number of carbonyl (C=O) groups excluding carboxylic acids is 1. The summed E-state index contributed by atoms with van der Waals surface area (Å²) in [6.07, 6.45) is 0.168. The lowest BCUT2D eigenvalue weighted by Crippen LogP contribution is -2.42. The summed E-state index contributed by atoms with van der Waals surface area (Å²) in [5, 5.41) is 0. The first-order valence-electron chi connectivity index (χ1n) is 7.54. The maximum atomic E-state index is 12.7. The molecule has 1 fully saturated rings. The largest absolute Gasteiger partial charge is 0.311 e. The van der Waals surface area contributed by atoms with E-state index in [9.17, 15) is 13.6 Å². The molecule has 1 saturated heterocycles. The van der Waals surface area contributed by atoms with Gasteiger partial charge >= 0.3 is 0 Å². The van der Waals surface area contributed by atoms with Gasteiger partial charge in [0.15, 0.2) is 0 Å². The average Bonchev–Trinajstić information content (AvgIpc) is 2.95. The Labute approximate surface area is 123 Å². The highest BCUT2D eigenvalue weighted by Crippen LogP contribution is 2.28. The van der Waals surface area contributed by atoms with E-state index in [1.807, 2.05) is 28.0 Å². The maximum absolute atomic E-state index is 12.7. The van der Waals surface area contributed by atoms with Crippen molar-refractivity contribution in [3.05, 3.63) is 29.8 Å². The third-order valence-corrected chi connectivity index (χ3v) is 4.44.